The Balaban J connectivity index is 1.14. The third kappa shape index (κ3) is 7.32. The van der Waals surface area contributed by atoms with E-state index in [2.05, 4.69) is 243 Å². The molecule has 1 nitrogen and oxygen atoms in total. The molecule has 0 radical (unpaired) electrons. The van der Waals surface area contributed by atoms with Crippen molar-refractivity contribution in [2.45, 2.75) is 38.1 Å². The molecule has 62 heavy (non-hydrogen) atoms. The first kappa shape index (κ1) is 39.5. The standard InChI is InChI=1S/C59H51NSi2/c1-8-24-46(25-9-1)49-44-58(47-26-22-40-56(42-47)61(50-28-10-2-11-29-50,51-30-12-3-13-31-51)52-32-14-4-15-33-52)60-59(45-49)48-27-23-41-57(43-48)62(53-34-16-5-17-35-53,54-36-18-6-19-37-54)55-38-20-7-21-39-55/h1-6,8-20,22,24-26,28-43,45,58H,7,21,23,27,44H2. The third-order valence-electron chi connectivity index (χ3n) is 13.2. The van der Waals surface area contributed by atoms with E-state index in [0.29, 0.717) is 0 Å². The molecule has 1 aliphatic heterocycles. The second-order valence-corrected chi connectivity index (χ2v) is 24.4. The summed E-state index contributed by atoms with van der Waals surface area (Å²) >= 11 is 0. The Morgan fingerprint density at radius 2 is 0.887 bits per heavy atom. The van der Waals surface area contributed by atoms with Crippen molar-refractivity contribution in [2.75, 3.05) is 0 Å². The quantitative estimate of drug-likeness (QED) is 0.0910. The zero-order valence-corrected chi connectivity index (χ0v) is 37.2. The maximum Gasteiger partial charge on any atom is 0.179 e. The molecule has 0 aromatic heterocycles. The summed E-state index contributed by atoms with van der Waals surface area (Å²) in [6.07, 6.45) is 19.9. The van der Waals surface area contributed by atoms with Crippen molar-refractivity contribution in [3.8, 4) is 0 Å². The lowest BCUT2D eigenvalue weighted by molar-refractivity contribution is 0.746. The molecule has 1 atom stereocenters. The molecule has 3 aliphatic rings. The van der Waals surface area contributed by atoms with Gasteiger partial charge in [-0.05, 0) is 102 Å². The van der Waals surface area contributed by atoms with E-state index < -0.39 is 16.1 Å². The Bertz CT molecular complexity index is 2700. The van der Waals surface area contributed by atoms with Crippen molar-refractivity contribution in [1.29, 1.82) is 0 Å². The number of hydrogen-bond donors (Lipinski definition) is 0. The van der Waals surface area contributed by atoms with Gasteiger partial charge in [-0.1, -0.05) is 237 Å². The summed E-state index contributed by atoms with van der Waals surface area (Å²) in [5.41, 5.74) is 6.33. The van der Waals surface area contributed by atoms with E-state index >= 15 is 0 Å². The first-order chi connectivity index (χ1) is 30.7. The smallest absolute Gasteiger partial charge is 0.179 e. The number of rotatable bonds is 11. The lowest BCUT2D eigenvalue weighted by Gasteiger charge is -2.38. The van der Waals surface area contributed by atoms with Crippen molar-refractivity contribution in [2.24, 2.45) is 4.99 Å². The van der Waals surface area contributed by atoms with Crippen molar-refractivity contribution in [3.63, 3.8) is 0 Å². The molecule has 0 fully saturated rings. The molecule has 1 unspecified atom stereocenters. The summed E-state index contributed by atoms with van der Waals surface area (Å²) in [7, 11) is -5.38. The molecule has 0 bridgehead atoms. The Morgan fingerprint density at radius 3 is 1.40 bits per heavy atom. The fourth-order valence-corrected chi connectivity index (χ4v) is 20.2. The number of allylic oxidation sites excluding steroid dienone is 9. The fraction of sp³-hybridized carbons (Fsp3) is 0.102. The maximum absolute atomic E-state index is 5.81. The lowest BCUT2D eigenvalue weighted by Crippen LogP contribution is -2.74. The van der Waals surface area contributed by atoms with Crippen LogP contribution in [0.5, 0.6) is 0 Å². The monoisotopic (exact) mass is 829 g/mol. The molecule has 0 amide bonds. The van der Waals surface area contributed by atoms with Gasteiger partial charge in [-0.2, -0.15) is 0 Å². The largest absolute Gasteiger partial charge is 0.277 e. The Morgan fingerprint density at radius 1 is 0.403 bits per heavy atom. The molecule has 10 rings (SSSR count). The van der Waals surface area contributed by atoms with Crippen LogP contribution in [0.2, 0.25) is 0 Å². The second-order valence-electron chi connectivity index (χ2n) is 16.7. The predicted molar refractivity (Wildman–Crippen MR) is 269 cm³/mol. The van der Waals surface area contributed by atoms with E-state index in [0.717, 1.165) is 37.8 Å². The number of benzene rings is 7. The number of dihydropyridines is 1. The highest BCUT2D eigenvalue weighted by molar-refractivity contribution is 7.20. The van der Waals surface area contributed by atoms with Gasteiger partial charge < -0.3 is 0 Å². The van der Waals surface area contributed by atoms with Gasteiger partial charge in [0.05, 0.1) is 11.8 Å². The van der Waals surface area contributed by atoms with Crippen LogP contribution in [0.4, 0.5) is 0 Å². The van der Waals surface area contributed by atoms with Crippen LogP contribution in [-0.4, -0.2) is 21.9 Å². The van der Waals surface area contributed by atoms with Gasteiger partial charge in [0, 0.05) is 0 Å². The Hall–Kier alpha value is -6.66. The summed E-state index contributed by atoms with van der Waals surface area (Å²) in [5.74, 6) is 0. The van der Waals surface area contributed by atoms with E-state index in [1.165, 1.54) is 63.8 Å². The first-order valence-electron chi connectivity index (χ1n) is 22.3. The minimum atomic E-state index is -2.72. The van der Waals surface area contributed by atoms with Gasteiger partial charge in [0.15, 0.2) is 16.1 Å². The Labute approximate surface area is 369 Å². The molecule has 7 aromatic carbocycles. The lowest BCUT2D eigenvalue weighted by atomic mass is 9.88. The van der Waals surface area contributed by atoms with E-state index in [1.807, 2.05) is 0 Å². The van der Waals surface area contributed by atoms with E-state index in [9.17, 15) is 0 Å². The molecule has 1 heterocycles. The van der Waals surface area contributed by atoms with Crippen LogP contribution in [0.1, 0.15) is 49.3 Å². The molecular weight excluding hydrogens is 779 g/mol. The van der Waals surface area contributed by atoms with E-state index in [-0.39, 0.29) is 6.04 Å². The highest BCUT2D eigenvalue weighted by atomic mass is 28.3. The average molecular weight is 830 g/mol. The molecule has 2 aliphatic carbocycles. The molecule has 0 spiro atoms. The van der Waals surface area contributed by atoms with Gasteiger partial charge in [-0.15, -0.1) is 0 Å². The number of nitrogens with zero attached hydrogens (tertiary/aromatic N) is 1. The van der Waals surface area contributed by atoms with Crippen LogP contribution < -0.4 is 31.1 Å². The van der Waals surface area contributed by atoms with Gasteiger partial charge in [0.25, 0.3) is 0 Å². The molecule has 7 aromatic rings. The average Bonchev–Trinajstić information content (AvgIpc) is 3.37. The van der Waals surface area contributed by atoms with Gasteiger partial charge in [-0.25, -0.2) is 0 Å². The zero-order chi connectivity index (χ0) is 41.6. The SMILES string of the molecule is C1=CC([Si](C2=CCCC(C3=NC(c4cccc([Si](c5ccccc5)(c5ccccc5)c5ccccc5)c4)CC(c4ccccc4)=C3)=C2)(c2ccccc2)c2ccccc2)=CCC1. The van der Waals surface area contributed by atoms with E-state index in [1.54, 1.807) is 0 Å². The van der Waals surface area contributed by atoms with Crippen LogP contribution in [0.15, 0.2) is 264 Å². The van der Waals surface area contributed by atoms with E-state index in [4.69, 9.17) is 4.99 Å². The summed E-state index contributed by atoms with van der Waals surface area (Å²) < 4.78 is 0. The zero-order valence-electron chi connectivity index (χ0n) is 35.2. The van der Waals surface area contributed by atoms with Crippen molar-refractivity contribution in [3.05, 3.63) is 270 Å². The summed E-state index contributed by atoms with van der Waals surface area (Å²) in [6, 6.07) is 77.0. The minimum absolute atomic E-state index is 0.0383. The normalized spacial score (nSPS) is 16.6. The van der Waals surface area contributed by atoms with Gasteiger partial charge in [0.2, 0.25) is 0 Å². The second kappa shape index (κ2) is 17.7. The molecule has 0 saturated heterocycles. The van der Waals surface area contributed by atoms with Crippen molar-refractivity contribution < 1.29 is 0 Å². The van der Waals surface area contributed by atoms with Gasteiger partial charge in [-0.3, -0.25) is 4.99 Å². The molecular formula is C59H51NSi2. The highest BCUT2D eigenvalue weighted by Crippen LogP contribution is 2.38. The van der Waals surface area contributed by atoms with Crippen molar-refractivity contribution in [1.82, 2.24) is 0 Å². The van der Waals surface area contributed by atoms with Crippen LogP contribution in [0, 0.1) is 0 Å². The van der Waals surface area contributed by atoms with Gasteiger partial charge >= 0.3 is 0 Å². The highest BCUT2D eigenvalue weighted by Gasteiger charge is 2.44. The van der Waals surface area contributed by atoms with Crippen LogP contribution in [0.25, 0.3) is 5.57 Å². The predicted octanol–water partition coefficient (Wildman–Crippen LogP) is 10.3. The van der Waals surface area contributed by atoms with Gasteiger partial charge in [0.1, 0.15) is 0 Å². The minimum Gasteiger partial charge on any atom is -0.277 e. The number of aliphatic imine (C=N–C) groups is 1. The molecule has 3 heteroatoms. The molecule has 0 N–H and O–H groups in total. The molecule has 300 valence electrons. The topological polar surface area (TPSA) is 12.4 Å². The van der Waals surface area contributed by atoms with Crippen LogP contribution >= 0.6 is 0 Å². The van der Waals surface area contributed by atoms with Crippen LogP contribution in [-0.2, 0) is 0 Å². The fourth-order valence-electron chi connectivity index (χ4n) is 10.4. The first-order valence-corrected chi connectivity index (χ1v) is 26.3. The summed E-state index contributed by atoms with van der Waals surface area (Å²) in [6.45, 7) is 0. The Kier molecular flexibility index (Phi) is 11.3. The summed E-state index contributed by atoms with van der Waals surface area (Å²) in [5, 5.41) is 11.3. The molecule has 0 saturated carbocycles. The summed E-state index contributed by atoms with van der Waals surface area (Å²) in [4.78, 5) is 5.81. The maximum atomic E-state index is 5.81. The van der Waals surface area contributed by atoms with Crippen molar-refractivity contribution >= 4 is 58.6 Å². The van der Waals surface area contributed by atoms with Crippen LogP contribution in [0.3, 0.4) is 0 Å². The third-order valence-corrected chi connectivity index (χ3v) is 22.8. The number of hydrogen-bond acceptors (Lipinski definition) is 1.